The van der Waals surface area contributed by atoms with E-state index in [0.717, 1.165) is 19.3 Å². The molecule has 0 atom stereocenters. The molecule has 0 aliphatic heterocycles. The lowest BCUT2D eigenvalue weighted by Gasteiger charge is -2.22. The van der Waals surface area contributed by atoms with Crippen LogP contribution < -0.4 is 0 Å². The largest absolute Gasteiger partial charge is 0.398 e. The zero-order valence-corrected chi connectivity index (χ0v) is 14.5. The highest BCUT2D eigenvalue weighted by Crippen LogP contribution is 2.17. The van der Waals surface area contributed by atoms with Gasteiger partial charge in [0.25, 0.3) is 0 Å². The third kappa shape index (κ3) is 11.6. The van der Waals surface area contributed by atoms with E-state index >= 15 is 0 Å². The van der Waals surface area contributed by atoms with Crippen LogP contribution in [-0.2, 0) is 13.6 Å². The van der Waals surface area contributed by atoms with Crippen LogP contribution in [0.5, 0.6) is 0 Å². The molecule has 0 aromatic rings. The van der Waals surface area contributed by atoms with Crippen molar-refractivity contribution < 1.29 is 13.6 Å². The van der Waals surface area contributed by atoms with Crippen molar-refractivity contribution in [2.24, 2.45) is 0 Å². The summed E-state index contributed by atoms with van der Waals surface area (Å²) in [5.41, 5.74) is 0. The second kappa shape index (κ2) is 13.1. The molecule has 0 heterocycles. The first kappa shape index (κ1) is 19.1. The molecule has 0 rings (SSSR count). The van der Waals surface area contributed by atoms with E-state index in [9.17, 15) is 0 Å². The van der Waals surface area contributed by atoms with Crippen molar-refractivity contribution in [3.05, 3.63) is 0 Å². The average molecular weight is 291 g/mol. The maximum Gasteiger partial charge on any atom is 0.334 e. The molecule has 0 saturated heterocycles. The molecule has 0 bridgehead atoms. The van der Waals surface area contributed by atoms with E-state index in [-0.39, 0.29) is 0 Å². The molecule has 3 nitrogen and oxygen atoms in total. The Morgan fingerprint density at radius 2 is 1.26 bits per heavy atom. The minimum atomic E-state index is -1.81. The molecule has 0 saturated carbocycles. The molecule has 0 unspecified atom stereocenters. The summed E-state index contributed by atoms with van der Waals surface area (Å²) in [4.78, 5) is 0. The van der Waals surface area contributed by atoms with Gasteiger partial charge in [0.2, 0.25) is 0 Å². The van der Waals surface area contributed by atoms with Crippen LogP contribution >= 0.6 is 0 Å². The summed E-state index contributed by atoms with van der Waals surface area (Å²) < 4.78 is 16.5. The van der Waals surface area contributed by atoms with Crippen molar-refractivity contribution in [3.8, 4) is 0 Å². The van der Waals surface area contributed by atoms with Gasteiger partial charge in [-0.25, -0.2) is 0 Å². The minimum absolute atomic E-state index is 0.938. The molecule has 0 N–H and O–H groups in total. The van der Waals surface area contributed by atoms with E-state index in [1.165, 1.54) is 51.4 Å². The van der Waals surface area contributed by atoms with Crippen LogP contribution in [0.4, 0.5) is 0 Å². The normalized spacial score (nSPS) is 12.0. The Labute approximate surface area is 121 Å². The van der Waals surface area contributed by atoms with Gasteiger partial charge >= 0.3 is 8.56 Å². The van der Waals surface area contributed by atoms with E-state index < -0.39 is 8.56 Å². The molecule has 19 heavy (non-hydrogen) atoms. The van der Waals surface area contributed by atoms with Gasteiger partial charge < -0.3 is 13.6 Å². The first-order valence-corrected chi connectivity index (χ1v) is 10.4. The highest BCUT2D eigenvalue weighted by molar-refractivity contribution is 6.65. The SMILES string of the molecule is CCCCOCCCCCCCC[Si](C)(OC)OC. The predicted octanol–water partition coefficient (Wildman–Crippen LogP) is 4.51. The Hall–Kier alpha value is 0.0969. The van der Waals surface area contributed by atoms with E-state index in [1.807, 2.05) is 0 Å². The molecule has 0 aliphatic carbocycles. The van der Waals surface area contributed by atoms with Gasteiger partial charge in [-0.05, 0) is 25.4 Å². The molecule has 0 aliphatic rings. The fourth-order valence-corrected chi connectivity index (χ4v) is 3.46. The molecule has 0 amide bonds. The van der Waals surface area contributed by atoms with Gasteiger partial charge in [-0.15, -0.1) is 0 Å². The van der Waals surface area contributed by atoms with Crippen molar-refractivity contribution in [2.45, 2.75) is 70.9 Å². The third-order valence-electron chi connectivity index (χ3n) is 3.68. The molecular weight excluding hydrogens is 256 g/mol. The van der Waals surface area contributed by atoms with Crippen molar-refractivity contribution >= 4 is 8.56 Å². The van der Waals surface area contributed by atoms with Gasteiger partial charge in [0.15, 0.2) is 0 Å². The number of ether oxygens (including phenoxy) is 1. The third-order valence-corrected chi connectivity index (χ3v) is 6.66. The fraction of sp³-hybridized carbons (Fsp3) is 1.00. The highest BCUT2D eigenvalue weighted by Gasteiger charge is 2.27. The monoisotopic (exact) mass is 290 g/mol. The van der Waals surface area contributed by atoms with Crippen LogP contribution in [0.2, 0.25) is 12.6 Å². The Morgan fingerprint density at radius 1 is 0.737 bits per heavy atom. The molecule has 0 aromatic heterocycles. The number of unbranched alkanes of at least 4 members (excludes halogenated alkanes) is 6. The summed E-state index contributed by atoms with van der Waals surface area (Å²) in [5, 5.41) is 0. The maximum absolute atomic E-state index is 5.55. The highest BCUT2D eigenvalue weighted by atomic mass is 28.4. The molecule has 4 heteroatoms. The molecule has 0 radical (unpaired) electrons. The molecule has 0 spiro atoms. The Morgan fingerprint density at radius 3 is 1.84 bits per heavy atom. The molecule has 0 fully saturated rings. The average Bonchev–Trinajstić information content (AvgIpc) is 2.44. The van der Waals surface area contributed by atoms with Gasteiger partial charge in [0.05, 0.1) is 0 Å². The maximum atomic E-state index is 5.55. The Kier molecular flexibility index (Phi) is 13.2. The summed E-state index contributed by atoms with van der Waals surface area (Å²) >= 11 is 0. The smallest absolute Gasteiger partial charge is 0.334 e. The van der Waals surface area contributed by atoms with Crippen LogP contribution in [0, 0.1) is 0 Å². The lowest BCUT2D eigenvalue weighted by Crippen LogP contribution is -2.35. The quantitative estimate of drug-likeness (QED) is 0.348. The zero-order valence-electron chi connectivity index (χ0n) is 13.5. The number of hydrogen-bond acceptors (Lipinski definition) is 3. The molecule has 0 aromatic carbocycles. The van der Waals surface area contributed by atoms with Crippen molar-refractivity contribution in [1.29, 1.82) is 0 Å². The topological polar surface area (TPSA) is 27.7 Å². The van der Waals surface area contributed by atoms with Gasteiger partial charge in [-0.3, -0.25) is 0 Å². The van der Waals surface area contributed by atoms with Gasteiger partial charge in [0.1, 0.15) is 0 Å². The zero-order chi connectivity index (χ0) is 14.4. The first-order valence-electron chi connectivity index (χ1n) is 7.86. The number of rotatable bonds is 14. The van der Waals surface area contributed by atoms with E-state index in [0.29, 0.717) is 0 Å². The second-order valence-electron chi connectivity index (χ2n) is 5.38. The summed E-state index contributed by atoms with van der Waals surface area (Å²) in [7, 11) is 1.73. The van der Waals surface area contributed by atoms with Crippen LogP contribution in [0.15, 0.2) is 0 Å². The van der Waals surface area contributed by atoms with E-state index in [4.69, 9.17) is 13.6 Å². The lowest BCUT2D eigenvalue weighted by molar-refractivity contribution is 0.127. The van der Waals surface area contributed by atoms with Gasteiger partial charge in [0, 0.05) is 27.4 Å². The second-order valence-corrected chi connectivity index (χ2v) is 8.96. The Balaban J connectivity index is 3.19. The summed E-state index contributed by atoms with van der Waals surface area (Å²) in [6, 6.07) is 1.11. The Bertz CT molecular complexity index is 184. The first-order chi connectivity index (χ1) is 9.18. The van der Waals surface area contributed by atoms with Crippen LogP contribution in [0.25, 0.3) is 0 Å². The number of hydrogen-bond donors (Lipinski definition) is 0. The molecular formula is C15H34O3Si. The predicted molar refractivity (Wildman–Crippen MR) is 83.9 cm³/mol. The summed E-state index contributed by atoms with van der Waals surface area (Å²) in [6.07, 6.45) is 10.1. The lowest BCUT2D eigenvalue weighted by atomic mass is 10.1. The summed E-state index contributed by atoms with van der Waals surface area (Å²) in [5.74, 6) is 0. The summed E-state index contributed by atoms with van der Waals surface area (Å²) in [6.45, 7) is 6.22. The fourth-order valence-electron chi connectivity index (χ4n) is 1.99. The standard InChI is InChI=1S/C15H34O3Si/c1-5-6-13-18-14-11-9-7-8-10-12-15-19(4,16-2)17-3/h5-15H2,1-4H3. The minimum Gasteiger partial charge on any atom is -0.398 e. The van der Waals surface area contributed by atoms with Crippen LogP contribution in [0.1, 0.15) is 58.3 Å². The van der Waals surface area contributed by atoms with E-state index in [2.05, 4.69) is 13.5 Å². The van der Waals surface area contributed by atoms with Crippen LogP contribution in [0.3, 0.4) is 0 Å². The van der Waals surface area contributed by atoms with E-state index in [1.54, 1.807) is 14.2 Å². The molecule has 116 valence electrons. The van der Waals surface area contributed by atoms with Crippen molar-refractivity contribution in [3.63, 3.8) is 0 Å². The van der Waals surface area contributed by atoms with Crippen LogP contribution in [-0.4, -0.2) is 36.0 Å². The van der Waals surface area contributed by atoms with Gasteiger partial charge in [-0.2, -0.15) is 0 Å². The van der Waals surface area contributed by atoms with Gasteiger partial charge in [-0.1, -0.05) is 45.4 Å². The van der Waals surface area contributed by atoms with Crippen molar-refractivity contribution in [1.82, 2.24) is 0 Å². The van der Waals surface area contributed by atoms with Crippen molar-refractivity contribution in [2.75, 3.05) is 27.4 Å².